The van der Waals surface area contributed by atoms with E-state index in [4.69, 9.17) is 4.42 Å². The highest BCUT2D eigenvalue weighted by molar-refractivity contribution is 6.04. The van der Waals surface area contributed by atoms with E-state index in [0.29, 0.717) is 17.6 Å². The van der Waals surface area contributed by atoms with Gasteiger partial charge in [0.1, 0.15) is 5.76 Å². The van der Waals surface area contributed by atoms with Crippen LogP contribution in [0.5, 0.6) is 0 Å². The van der Waals surface area contributed by atoms with Gasteiger partial charge in [-0.15, -0.1) is 0 Å². The second kappa shape index (κ2) is 6.54. The molecule has 3 aromatic rings. The molecule has 0 spiro atoms. The molecule has 0 radical (unpaired) electrons. The van der Waals surface area contributed by atoms with Crippen molar-refractivity contribution in [3.63, 3.8) is 0 Å². The molecule has 0 fully saturated rings. The number of hydrogen-bond donors (Lipinski definition) is 1. The number of aryl methyl sites for hydroxylation is 1. The van der Waals surface area contributed by atoms with Crippen molar-refractivity contribution in [1.29, 1.82) is 0 Å². The van der Waals surface area contributed by atoms with Gasteiger partial charge in [-0.2, -0.15) is 0 Å². The number of rotatable bonds is 4. The molecule has 0 aliphatic rings. The summed E-state index contributed by atoms with van der Waals surface area (Å²) in [6, 6.07) is 16.2. The van der Waals surface area contributed by atoms with Crippen molar-refractivity contribution in [3.8, 4) is 11.3 Å². The van der Waals surface area contributed by atoms with E-state index in [1.54, 1.807) is 36.4 Å². The van der Waals surface area contributed by atoms with Gasteiger partial charge < -0.3 is 9.73 Å². The molecular weight excluding hydrogens is 302 g/mol. The minimum atomic E-state index is -0.164. The zero-order chi connectivity index (χ0) is 17.1. The summed E-state index contributed by atoms with van der Waals surface area (Å²) in [4.78, 5) is 23.1. The molecule has 0 saturated carbocycles. The molecule has 1 heterocycles. The summed E-state index contributed by atoms with van der Waals surface area (Å²) < 4.78 is 5.38. The molecule has 0 aliphatic heterocycles. The molecule has 4 heteroatoms. The Balaban J connectivity index is 1.78. The molecule has 1 N–H and O–H groups in total. The molecule has 120 valence electrons. The molecule has 3 rings (SSSR count). The Morgan fingerprint density at radius 3 is 2.42 bits per heavy atom. The average molecular weight is 319 g/mol. The Morgan fingerprint density at radius 1 is 1.00 bits per heavy atom. The summed E-state index contributed by atoms with van der Waals surface area (Å²) >= 11 is 0. The lowest BCUT2D eigenvalue weighted by atomic mass is 10.1. The van der Waals surface area contributed by atoms with Crippen LogP contribution in [0.3, 0.4) is 0 Å². The maximum atomic E-state index is 12.4. The van der Waals surface area contributed by atoms with Gasteiger partial charge in [0.15, 0.2) is 12.0 Å². The average Bonchev–Trinajstić information content (AvgIpc) is 3.08. The smallest absolute Gasteiger partial charge is 0.255 e. The van der Waals surface area contributed by atoms with Crippen LogP contribution in [0.4, 0.5) is 5.69 Å². The van der Waals surface area contributed by atoms with E-state index in [9.17, 15) is 9.59 Å². The summed E-state index contributed by atoms with van der Waals surface area (Å²) in [6.07, 6.45) is 0.662. The zero-order valence-corrected chi connectivity index (χ0v) is 13.5. The van der Waals surface area contributed by atoms with Gasteiger partial charge in [-0.25, -0.2) is 0 Å². The van der Waals surface area contributed by atoms with Crippen molar-refractivity contribution in [2.75, 3.05) is 5.32 Å². The van der Waals surface area contributed by atoms with Crippen molar-refractivity contribution in [2.24, 2.45) is 0 Å². The van der Waals surface area contributed by atoms with E-state index in [0.717, 1.165) is 22.4 Å². The van der Waals surface area contributed by atoms with Gasteiger partial charge in [-0.1, -0.05) is 24.3 Å². The molecule has 0 atom stereocenters. The number of anilines is 1. The van der Waals surface area contributed by atoms with Gasteiger partial charge in [-0.05, 0) is 55.3 Å². The van der Waals surface area contributed by atoms with Crippen molar-refractivity contribution in [3.05, 3.63) is 77.0 Å². The molecule has 0 aliphatic carbocycles. The largest absolute Gasteiger partial charge is 0.453 e. The second-order valence-electron chi connectivity index (χ2n) is 5.60. The fourth-order valence-electron chi connectivity index (χ4n) is 2.44. The van der Waals surface area contributed by atoms with Crippen LogP contribution in [0.25, 0.3) is 11.3 Å². The Bertz CT molecular complexity index is 892. The monoisotopic (exact) mass is 319 g/mol. The van der Waals surface area contributed by atoms with Crippen LogP contribution < -0.4 is 5.32 Å². The number of carbonyl (C=O) groups is 2. The maximum Gasteiger partial charge on any atom is 0.255 e. The Kier molecular flexibility index (Phi) is 4.29. The SMILES string of the molecule is Cc1cccc(NC(=O)c2ccc(-c3ccc(C=O)o3)cc2)c1C. The lowest BCUT2D eigenvalue weighted by Gasteiger charge is -2.10. The molecule has 0 bridgehead atoms. The molecule has 1 amide bonds. The van der Waals surface area contributed by atoms with E-state index in [-0.39, 0.29) is 11.7 Å². The predicted molar refractivity (Wildman–Crippen MR) is 93.4 cm³/mol. The zero-order valence-electron chi connectivity index (χ0n) is 13.5. The predicted octanol–water partition coefficient (Wildman–Crippen LogP) is 4.63. The Labute approximate surface area is 140 Å². The Morgan fingerprint density at radius 2 is 1.75 bits per heavy atom. The minimum absolute atomic E-state index is 0.164. The second-order valence-corrected chi connectivity index (χ2v) is 5.60. The first-order chi connectivity index (χ1) is 11.6. The third-order valence-corrected chi connectivity index (χ3v) is 4.03. The Hall–Kier alpha value is -3.14. The van der Waals surface area contributed by atoms with E-state index in [1.807, 2.05) is 32.0 Å². The first-order valence-electron chi connectivity index (χ1n) is 7.61. The van der Waals surface area contributed by atoms with E-state index >= 15 is 0 Å². The van der Waals surface area contributed by atoms with E-state index < -0.39 is 0 Å². The van der Waals surface area contributed by atoms with Crippen LogP contribution in [-0.4, -0.2) is 12.2 Å². The highest BCUT2D eigenvalue weighted by atomic mass is 16.3. The lowest BCUT2D eigenvalue weighted by molar-refractivity contribution is 0.102. The quantitative estimate of drug-likeness (QED) is 0.713. The van der Waals surface area contributed by atoms with Crippen LogP contribution in [-0.2, 0) is 0 Å². The van der Waals surface area contributed by atoms with Gasteiger partial charge in [0.2, 0.25) is 0 Å². The standard InChI is InChI=1S/C20H17NO3/c1-13-4-3-5-18(14(13)2)21-20(23)16-8-6-15(7-9-16)19-11-10-17(12-22)24-19/h3-12H,1-2H3,(H,21,23). The summed E-state index contributed by atoms with van der Waals surface area (Å²) in [7, 11) is 0. The number of furan rings is 1. The number of amides is 1. The summed E-state index contributed by atoms with van der Waals surface area (Å²) in [5, 5.41) is 2.93. The van der Waals surface area contributed by atoms with Crippen molar-refractivity contribution in [1.82, 2.24) is 0 Å². The number of benzene rings is 2. The van der Waals surface area contributed by atoms with Crippen LogP contribution >= 0.6 is 0 Å². The third kappa shape index (κ3) is 3.13. The minimum Gasteiger partial charge on any atom is -0.453 e. The summed E-state index contributed by atoms with van der Waals surface area (Å²) in [5.41, 5.74) is 4.37. The van der Waals surface area contributed by atoms with Crippen LogP contribution in [0.1, 0.15) is 32.0 Å². The molecular formula is C20H17NO3. The molecule has 0 unspecified atom stereocenters. The lowest BCUT2D eigenvalue weighted by Crippen LogP contribution is -2.12. The van der Waals surface area contributed by atoms with Crippen LogP contribution in [0, 0.1) is 13.8 Å². The number of aldehydes is 1. The highest BCUT2D eigenvalue weighted by Gasteiger charge is 2.10. The fraction of sp³-hybridized carbons (Fsp3) is 0.100. The van der Waals surface area contributed by atoms with Gasteiger partial charge in [-0.3, -0.25) is 9.59 Å². The van der Waals surface area contributed by atoms with Crippen molar-refractivity contribution < 1.29 is 14.0 Å². The maximum absolute atomic E-state index is 12.4. The fourth-order valence-corrected chi connectivity index (χ4v) is 2.44. The summed E-state index contributed by atoms with van der Waals surface area (Å²) in [6.45, 7) is 3.99. The van der Waals surface area contributed by atoms with Crippen molar-refractivity contribution in [2.45, 2.75) is 13.8 Å². The molecule has 1 aromatic heterocycles. The van der Waals surface area contributed by atoms with Crippen molar-refractivity contribution >= 4 is 17.9 Å². The van der Waals surface area contributed by atoms with Crippen LogP contribution in [0.2, 0.25) is 0 Å². The first kappa shape index (κ1) is 15.7. The van der Waals surface area contributed by atoms with Gasteiger partial charge >= 0.3 is 0 Å². The molecule has 4 nitrogen and oxygen atoms in total. The number of hydrogen-bond acceptors (Lipinski definition) is 3. The van der Waals surface area contributed by atoms with Crippen LogP contribution in [0.15, 0.2) is 59.0 Å². The van der Waals surface area contributed by atoms with E-state index in [2.05, 4.69) is 5.32 Å². The highest BCUT2D eigenvalue weighted by Crippen LogP contribution is 2.23. The van der Waals surface area contributed by atoms with E-state index in [1.165, 1.54) is 0 Å². The van der Waals surface area contributed by atoms with Gasteiger partial charge in [0, 0.05) is 16.8 Å². The summed E-state index contributed by atoms with van der Waals surface area (Å²) in [5.74, 6) is 0.712. The topological polar surface area (TPSA) is 59.3 Å². The third-order valence-electron chi connectivity index (χ3n) is 4.03. The number of carbonyl (C=O) groups excluding carboxylic acids is 2. The van der Waals surface area contributed by atoms with Gasteiger partial charge in [0.25, 0.3) is 5.91 Å². The normalized spacial score (nSPS) is 10.4. The molecule has 0 saturated heterocycles. The molecule has 24 heavy (non-hydrogen) atoms. The molecule has 2 aromatic carbocycles. The number of nitrogens with one attached hydrogen (secondary N) is 1. The van der Waals surface area contributed by atoms with Gasteiger partial charge in [0.05, 0.1) is 0 Å². The first-order valence-corrected chi connectivity index (χ1v) is 7.61.